The van der Waals surface area contributed by atoms with Crippen LogP contribution in [0.5, 0.6) is 0 Å². The lowest BCUT2D eigenvalue weighted by Crippen LogP contribution is -2.45. The molecule has 1 saturated heterocycles. The second-order valence-corrected chi connectivity index (χ2v) is 11.0. The van der Waals surface area contributed by atoms with Crippen molar-refractivity contribution in [3.05, 3.63) is 71.3 Å². The average Bonchev–Trinajstić information content (AvgIpc) is 3.56. The molecule has 3 aromatic heterocycles. The third kappa shape index (κ3) is 4.47. The second-order valence-electron chi connectivity index (χ2n) is 11.0. The first kappa shape index (κ1) is 26.8. The second kappa shape index (κ2) is 9.46. The highest BCUT2D eigenvalue weighted by Gasteiger charge is 2.39. The molecule has 0 radical (unpaired) electrons. The van der Waals surface area contributed by atoms with Crippen LogP contribution in [0, 0.1) is 0 Å². The number of aromatic nitrogens is 3. The number of imidazole rings is 1. The molecule has 0 atom stereocenters. The molecule has 13 heteroatoms. The lowest BCUT2D eigenvalue weighted by Gasteiger charge is -2.35. The van der Waals surface area contributed by atoms with Crippen LogP contribution < -0.4 is 5.32 Å². The molecule has 6 heterocycles. The van der Waals surface area contributed by atoms with E-state index in [2.05, 4.69) is 10.3 Å². The summed E-state index contributed by atoms with van der Waals surface area (Å²) in [5.41, 5.74) is 1.24. The van der Waals surface area contributed by atoms with Crippen molar-refractivity contribution in [3.8, 4) is 0 Å². The smallest absolute Gasteiger partial charge is 0.345 e. The first-order chi connectivity index (χ1) is 20.0. The summed E-state index contributed by atoms with van der Waals surface area (Å²) < 4.78 is 73.3. The lowest BCUT2D eigenvalue weighted by atomic mass is 9.96. The molecule has 0 saturated carbocycles. The molecule has 3 aliphatic heterocycles. The van der Waals surface area contributed by atoms with Gasteiger partial charge in [-0.2, -0.15) is 13.2 Å². The van der Waals surface area contributed by atoms with Gasteiger partial charge in [0.05, 0.1) is 40.8 Å². The number of likely N-dealkylation sites (tertiary alicyclic amines) is 1. The number of carbonyl (C=O) groups excluding carboxylic acids is 2. The number of nitrogens with one attached hydrogen (secondary N) is 1. The Morgan fingerprint density at radius 2 is 1.71 bits per heavy atom. The summed E-state index contributed by atoms with van der Waals surface area (Å²) in [5, 5.41) is 2.53. The number of carbonyl (C=O) groups is 2. The van der Waals surface area contributed by atoms with Crippen molar-refractivity contribution in [1.82, 2.24) is 29.1 Å². The van der Waals surface area contributed by atoms with Gasteiger partial charge in [0.15, 0.2) is 0 Å². The third-order valence-electron chi connectivity index (χ3n) is 8.29. The van der Waals surface area contributed by atoms with Crippen LogP contribution in [0.4, 0.5) is 22.0 Å². The average molecular weight is 585 g/mol. The van der Waals surface area contributed by atoms with Crippen LogP contribution in [0.2, 0.25) is 0 Å². The molecular weight excluding hydrogens is 559 g/mol. The standard InChI is InChI=1S/C29H25F5N6O2/c30-28(31)4-7-37(8-5-28)16-38-9-10-39-15-20(19-12-18(29(32,33)34)11-17(14-38)25(19)39)23-24(27(42)36-26(23)41)21-13-35-22-3-1-2-6-40(21)22/h1-3,6,11-13,15H,4-5,7-10,14,16H2,(H,36,41,42). The van der Waals surface area contributed by atoms with Crippen LogP contribution >= 0.6 is 0 Å². The van der Waals surface area contributed by atoms with E-state index in [0.29, 0.717) is 42.2 Å². The van der Waals surface area contributed by atoms with E-state index in [1.807, 2.05) is 14.4 Å². The number of alkyl halides is 5. The highest BCUT2D eigenvalue weighted by atomic mass is 19.4. The minimum atomic E-state index is -4.66. The van der Waals surface area contributed by atoms with E-state index in [0.717, 1.165) is 12.1 Å². The Balaban J connectivity index is 1.35. The molecule has 1 fully saturated rings. The van der Waals surface area contributed by atoms with Gasteiger partial charge in [0, 0.05) is 68.9 Å². The van der Waals surface area contributed by atoms with Crippen molar-refractivity contribution in [2.45, 2.75) is 38.0 Å². The van der Waals surface area contributed by atoms with E-state index in [4.69, 9.17) is 0 Å². The van der Waals surface area contributed by atoms with Crippen LogP contribution in [-0.4, -0.2) is 67.8 Å². The van der Waals surface area contributed by atoms with Crippen molar-refractivity contribution in [2.24, 2.45) is 0 Å². The molecule has 0 aliphatic carbocycles. The van der Waals surface area contributed by atoms with Crippen LogP contribution in [-0.2, 0) is 28.9 Å². The Morgan fingerprint density at radius 3 is 2.48 bits per heavy atom. The molecule has 218 valence electrons. The fourth-order valence-corrected chi connectivity index (χ4v) is 6.26. The van der Waals surface area contributed by atoms with Gasteiger partial charge < -0.3 is 4.57 Å². The van der Waals surface area contributed by atoms with Gasteiger partial charge in [0.25, 0.3) is 17.7 Å². The van der Waals surface area contributed by atoms with Gasteiger partial charge in [-0.3, -0.25) is 29.1 Å². The number of amides is 2. The lowest BCUT2D eigenvalue weighted by molar-refractivity contribution is -0.137. The van der Waals surface area contributed by atoms with Crippen molar-refractivity contribution in [1.29, 1.82) is 0 Å². The van der Waals surface area contributed by atoms with Gasteiger partial charge >= 0.3 is 6.18 Å². The summed E-state index contributed by atoms with van der Waals surface area (Å²) in [4.78, 5) is 34.5. The number of nitrogens with zero attached hydrogens (tertiary/aromatic N) is 5. The minimum Gasteiger partial charge on any atom is -0.345 e. The quantitative estimate of drug-likeness (QED) is 0.285. The monoisotopic (exact) mass is 584 g/mol. The van der Waals surface area contributed by atoms with Crippen molar-refractivity contribution in [3.63, 3.8) is 0 Å². The molecular formula is C29H25F5N6O2. The van der Waals surface area contributed by atoms with Crippen molar-refractivity contribution >= 4 is 39.5 Å². The Kier molecular flexibility index (Phi) is 6.03. The summed E-state index contributed by atoms with van der Waals surface area (Å²) in [6.07, 6.45) is -0.363. The van der Waals surface area contributed by atoms with Gasteiger partial charge in [0.1, 0.15) is 5.65 Å². The molecule has 2 amide bonds. The van der Waals surface area contributed by atoms with Gasteiger partial charge in [0.2, 0.25) is 0 Å². The number of hydrogen-bond acceptors (Lipinski definition) is 5. The number of fused-ring (bicyclic) bond motifs is 1. The zero-order chi connectivity index (χ0) is 29.4. The fourth-order valence-electron chi connectivity index (χ4n) is 6.26. The Hall–Kier alpha value is -4.10. The van der Waals surface area contributed by atoms with Gasteiger partial charge in [-0.1, -0.05) is 6.07 Å². The first-order valence-electron chi connectivity index (χ1n) is 13.6. The molecule has 1 N–H and O–H groups in total. The molecule has 7 rings (SSSR count). The van der Waals surface area contributed by atoms with Crippen molar-refractivity contribution < 1.29 is 31.5 Å². The Morgan fingerprint density at radius 1 is 0.952 bits per heavy atom. The topological polar surface area (TPSA) is 74.9 Å². The predicted octanol–water partition coefficient (Wildman–Crippen LogP) is 4.38. The van der Waals surface area contributed by atoms with E-state index in [9.17, 15) is 31.5 Å². The molecule has 42 heavy (non-hydrogen) atoms. The largest absolute Gasteiger partial charge is 0.416 e. The van der Waals surface area contributed by atoms with E-state index >= 15 is 0 Å². The molecule has 4 aromatic rings. The number of rotatable bonds is 4. The number of halogens is 5. The minimum absolute atomic E-state index is 0.00801. The normalized spacial score (nSPS) is 20.1. The highest BCUT2D eigenvalue weighted by Crippen LogP contribution is 2.41. The maximum Gasteiger partial charge on any atom is 0.416 e. The number of pyridine rings is 1. The summed E-state index contributed by atoms with van der Waals surface area (Å²) in [6.45, 7) is 1.79. The summed E-state index contributed by atoms with van der Waals surface area (Å²) in [6, 6.07) is 7.40. The highest BCUT2D eigenvalue weighted by molar-refractivity contribution is 6.49. The zero-order valence-corrected chi connectivity index (χ0v) is 22.2. The van der Waals surface area contributed by atoms with Gasteiger partial charge in [-0.05, 0) is 29.8 Å². The van der Waals surface area contributed by atoms with E-state index in [1.54, 1.807) is 35.0 Å². The molecule has 3 aliphatic rings. The molecule has 0 unspecified atom stereocenters. The van der Waals surface area contributed by atoms with Crippen LogP contribution in [0.3, 0.4) is 0 Å². The number of hydrogen-bond donors (Lipinski definition) is 1. The first-order valence-corrected chi connectivity index (χ1v) is 13.6. The SMILES string of the molecule is O=C1NC(=O)C(c2cnc3ccccn23)=C1c1cn2c3c(cc(C(F)(F)F)cc13)CN(CN1CCC(F)(F)CC1)CC2. The maximum absolute atomic E-state index is 14.2. The Labute approximate surface area is 236 Å². The third-order valence-corrected chi connectivity index (χ3v) is 8.29. The van der Waals surface area contributed by atoms with E-state index in [-0.39, 0.29) is 54.6 Å². The van der Waals surface area contributed by atoms with Crippen LogP contribution in [0.1, 0.15) is 35.2 Å². The fraction of sp³-hybridized carbons (Fsp3) is 0.345. The van der Waals surface area contributed by atoms with E-state index < -0.39 is 29.5 Å². The summed E-state index contributed by atoms with van der Waals surface area (Å²) in [7, 11) is 0. The zero-order valence-electron chi connectivity index (χ0n) is 22.2. The number of piperidine rings is 1. The number of benzene rings is 1. The number of imide groups is 1. The summed E-state index contributed by atoms with van der Waals surface area (Å²) >= 11 is 0. The molecule has 8 nitrogen and oxygen atoms in total. The van der Waals surface area contributed by atoms with Crippen LogP contribution in [0.15, 0.2) is 48.9 Å². The molecule has 0 bridgehead atoms. The molecule has 0 spiro atoms. The van der Waals surface area contributed by atoms with Crippen LogP contribution in [0.25, 0.3) is 27.7 Å². The Bertz CT molecular complexity index is 1790. The maximum atomic E-state index is 14.2. The van der Waals surface area contributed by atoms with E-state index in [1.165, 1.54) is 6.20 Å². The van der Waals surface area contributed by atoms with Gasteiger partial charge in [-0.25, -0.2) is 13.8 Å². The van der Waals surface area contributed by atoms with Gasteiger partial charge in [-0.15, -0.1) is 0 Å². The molecule has 1 aromatic carbocycles. The summed E-state index contributed by atoms with van der Waals surface area (Å²) in [5.74, 6) is -4.04. The predicted molar refractivity (Wildman–Crippen MR) is 143 cm³/mol. The van der Waals surface area contributed by atoms with Crippen molar-refractivity contribution in [2.75, 3.05) is 26.3 Å².